The zero-order valence-electron chi connectivity index (χ0n) is 13.2. The molecular weight excluding hydrogens is 277 g/mol. The van der Waals surface area contributed by atoms with Crippen molar-refractivity contribution >= 4 is 0 Å². The Labute approximate surface area is 131 Å². The van der Waals surface area contributed by atoms with Crippen LogP contribution in [0.25, 0.3) is 0 Å². The van der Waals surface area contributed by atoms with Gasteiger partial charge in [0.1, 0.15) is 11.6 Å². The molecule has 22 heavy (non-hydrogen) atoms. The van der Waals surface area contributed by atoms with Crippen LogP contribution in [0.15, 0.2) is 36.4 Å². The lowest BCUT2D eigenvalue weighted by atomic mass is 9.98. The molecule has 0 aliphatic heterocycles. The average molecular weight is 297 g/mol. The highest BCUT2D eigenvalue weighted by Gasteiger charge is 2.11. The third kappa shape index (κ3) is 3.85. The molecule has 1 unspecified atom stereocenters. The highest BCUT2D eigenvalue weighted by Crippen LogP contribution is 2.24. The molecule has 0 saturated carbocycles. The molecule has 0 aliphatic rings. The zero-order valence-corrected chi connectivity index (χ0v) is 13.2. The quantitative estimate of drug-likeness (QED) is 0.792. The molecule has 1 atom stereocenters. The van der Waals surface area contributed by atoms with E-state index in [4.69, 9.17) is 4.74 Å². The number of nitrogens with zero attached hydrogens (tertiary/aromatic N) is 1. The number of rotatable bonds is 5. The van der Waals surface area contributed by atoms with Crippen LogP contribution in [0, 0.1) is 37.9 Å². The number of aryl methyl sites for hydroxylation is 3. The SMILES string of the molecule is Cc1cc(C)c(OCCC(C#N)c2ccc(F)cc2)cc1C. The Kier molecular flexibility index (Phi) is 5.16. The van der Waals surface area contributed by atoms with Crippen LogP contribution in [0.4, 0.5) is 4.39 Å². The van der Waals surface area contributed by atoms with Crippen molar-refractivity contribution in [3.05, 3.63) is 64.5 Å². The van der Waals surface area contributed by atoms with Gasteiger partial charge in [-0.3, -0.25) is 0 Å². The van der Waals surface area contributed by atoms with E-state index in [9.17, 15) is 9.65 Å². The molecule has 3 heteroatoms. The van der Waals surface area contributed by atoms with Gasteiger partial charge in [-0.05, 0) is 61.2 Å². The minimum atomic E-state index is -0.289. The molecule has 0 radical (unpaired) electrons. The second-order valence-electron chi connectivity index (χ2n) is 5.57. The molecule has 0 saturated heterocycles. The third-order valence-corrected chi connectivity index (χ3v) is 3.88. The van der Waals surface area contributed by atoms with Gasteiger partial charge in [-0.1, -0.05) is 18.2 Å². The topological polar surface area (TPSA) is 33.0 Å². The van der Waals surface area contributed by atoms with Crippen molar-refractivity contribution in [3.63, 3.8) is 0 Å². The summed E-state index contributed by atoms with van der Waals surface area (Å²) in [7, 11) is 0. The van der Waals surface area contributed by atoms with E-state index in [1.807, 2.05) is 13.0 Å². The smallest absolute Gasteiger partial charge is 0.123 e. The van der Waals surface area contributed by atoms with Crippen LogP contribution in [0.1, 0.15) is 34.6 Å². The molecule has 0 aromatic heterocycles. The van der Waals surface area contributed by atoms with Gasteiger partial charge in [-0.2, -0.15) is 5.26 Å². The fraction of sp³-hybridized carbons (Fsp3) is 0.316. The third-order valence-electron chi connectivity index (χ3n) is 3.88. The van der Waals surface area contributed by atoms with Gasteiger partial charge < -0.3 is 4.74 Å². The summed E-state index contributed by atoms with van der Waals surface area (Å²) in [6.45, 7) is 6.60. The fourth-order valence-corrected chi connectivity index (χ4v) is 2.38. The minimum Gasteiger partial charge on any atom is -0.493 e. The maximum absolute atomic E-state index is 12.9. The predicted molar refractivity (Wildman–Crippen MR) is 85.5 cm³/mol. The van der Waals surface area contributed by atoms with Gasteiger partial charge in [0.2, 0.25) is 0 Å². The summed E-state index contributed by atoms with van der Waals surface area (Å²) in [5.41, 5.74) is 4.35. The zero-order chi connectivity index (χ0) is 16.1. The Morgan fingerprint density at radius 2 is 1.68 bits per heavy atom. The summed E-state index contributed by atoms with van der Waals surface area (Å²) in [5, 5.41) is 9.28. The highest BCUT2D eigenvalue weighted by atomic mass is 19.1. The Hall–Kier alpha value is -2.34. The molecule has 0 fully saturated rings. The van der Waals surface area contributed by atoms with Gasteiger partial charge in [0.05, 0.1) is 18.6 Å². The molecule has 0 heterocycles. The van der Waals surface area contributed by atoms with Crippen LogP contribution < -0.4 is 4.74 Å². The Morgan fingerprint density at radius 3 is 2.32 bits per heavy atom. The Bertz CT molecular complexity index is 686. The second-order valence-corrected chi connectivity index (χ2v) is 5.57. The van der Waals surface area contributed by atoms with Crippen molar-refractivity contribution in [1.82, 2.24) is 0 Å². The largest absolute Gasteiger partial charge is 0.493 e. The summed E-state index contributed by atoms with van der Waals surface area (Å²) in [4.78, 5) is 0. The maximum Gasteiger partial charge on any atom is 0.123 e. The van der Waals surface area contributed by atoms with Crippen LogP contribution in [0.3, 0.4) is 0 Å². The minimum absolute atomic E-state index is 0.285. The first-order valence-corrected chi connectivity index (χ1v) is 7.37. The first-order valence-electron chi connectivity index (χ1n) is 7.37. The summed E-state index contributed by atoms with van der Waals surface area (Å²) >= 11 is 0. The van der Waals surface area contributed by atoms with Crippen molar-refractivity contribution in [2.75, 3.05) is 6.61 Å². The van der Waals surface area contributed by atoms with E-state index in [0.717, 1.165) is 16.9 Å². The van der Waals surface area contributed by atoms with Crippen molar-refractivity contribution in [2.24, 2.45) is 0 Å². The second kappa shape index (κ2) is 7.09. The average Bonchev–Trinajstić information content (AvgIpc) is 2.50. The number of nitriles is 1. The highest BCUT2D eigenvalue weighted by molar-refractivity contribution is 5.40. The van der Waals surface area contributed by atoms with Gasteiger partial charge in [-0.15, -0.1) is 0 Å². The first kappa shape index (κ1) is 16.0. The van der Waals surface area contributed by atoms with E-state index >= 15 is 0 Å². The van der Waals surface area contributed by atoms with Gasteiger partial charge in [0.25, 0.3) is 0 Å². The molecule has 114 valence electrons. The monoisotopic (exact) mass is 297 g/mol. The maximum atomic E-state index is 12.9. The van der Waals surface area contributed by atoms with Crippen molar-refractivity contribution in [1.29, 1.82) is 5.26 Å². The lowest BCUT2D eigenvalue weighted by Gasteiger charge is -2.14. The van der Waals surface area contributed by atoms with Crippen LogP contribution in [-0.2, 0) is 0 Å². The van der Waals surface area contributed by atoms with Crippen molar-refractivity contribution in [2.45, 2.75) is 33.1 Å². The van der Waals surface area contributed by atoms with E-state index < -0.39 is 0 Å². The molecule has 2 aromatic rings. The van der Waals surface area contributed by atoms with Crippen LogP contribution in [0.5, 0.6) is 5.75 Å². The van der Waals surface area contributed by atoms with Gasteiger partial charge in [-0.25, -0.2) is 4.39 Å². The molecule has 2 rings (SSSR count). The van der Waals surface area contributed by atoms with E-state index in [1.54, 1.807) is 12.1 Å². The number of ether oxygens (including phenoxy) is 1. The molecule has 2 nitrogen and oxygen atoms in total. The Balaban J connectivity index is 1.99. The number of hydrogen-bond acceptors (Lipinski definition) is 2. The number of hydrogen-bond donors (Lipinski definition) is 0. The van der Waals surface area contributed by atoms with Crippen molar-refractivity contribution < 1.29 is 9.13 Å². The molecule has 0 N–H and O–H groups in total. The van der Waals surface area contributed by atoms with E-state index in [2.05, 4.69) is 26.0 Å². The normalized spacial score (nSPS) is 11.8. The predicted octanol–water partition coefficient (Wildman–Crippen LogP) is 4.83. The summed E-state index contributed by atoms with van der Waals surface area (Å²) in [6, 6.07) is 12.5. The first-order chi connectivity index (χ1) is 10.5. The molecule has 0 aliphatic carbocycles. The summed E-state index contributed by atoms with van der Waals surface area (Å²) < 4.78 is 18.8. The number of halogens is 1. The Morgan fingerprint density at radius 1 is 1.05 bits per heavy atom. The molecular formula is C19H20FNO. The standard InChI is InChI=1S/C19H20FNO/c1-13-10-15(3)19(11-14(13)2)22-9-8-17(12-21)16-4-6-18(20)7-5-16/h4-7,10-11,17H,8-9H2,1-3H3. The van der Waals surface area contributed by atoms with Crippen LogP contribution in [-0.4, -0.2) is 6.61 Å². The van der Waals surface area contributed by atoms with Gasteiger partial charge in [0, 0.05) is 6.42 Å². The fourth-order valence-electron chi connectivity index (χ4n) is 2.38. The summed E-state index contributed by atoms with van der Waals surface area (Å²) in [6.07, 6.45) is 0.578. The van der Waals surface area contributed by atoms with E-state index in [0.29, 0.717) is 13.0 Å². The van der Waals surface area contributed by atoms with Crippen molar-refractivity contribution in [3.8, 4) is 11.8 Å². The van der Waals surface area contributed by atoms with E-state index in [-0.39, 0.29) is 11.7 Å². The molecule has 0 bridgehead atoms. The molecule has 2 aromatic carbocycles. The molecule has 0 amide bonds. The lowest BCUT2D eigenvalue weighted by molar-refractivity contribution is 0.303. The van der Waals surface area contributed by atoms with E-state index in [1.165, 1.54) is 23.3 Å². The van der Waals surface area contributed by atoms with Crippen LogP contribution in [0.2, 0.25) is 0 Å². The van der Waals surface area contributed by atoms with Gasteiger partial charge in [0.15, 0.2) is 0 Å². The van der Waals surface area contributed by atoms with Gasteiger partial charge >= 0.3 is 0 Å². The molecule has 0 spiro atoms. The number of benzene rings is 2. The van der Waals surface area contributed by atoms with Crippen LogP contribution >= 0.6 is 0 Å². The summed E-state index contributed by atoms with van der Waals surface area (Å²) in [5.74, 6) is 0.286. The lowest BCUT2D eigenvalue weighted by Crippen LogP contribution is -2.05.